The summed E-state index contributed by atoms with van der Waals surface area (Å²) in [6, 6.07) is 1.93. The van der Waals surface area contributed by atoms with Gasteiger partial charge in [-0.3, -0.25) is 4.79 Å². The van der Waals surface area contributed by atoms with Crippen LogP contribution in [0.5, 0.6) is 0 Å². The van der Waals surface area contributed by atoms with Crippen LogP contribution in [0.4, 0.5) is 9.80 Å². The second-order valence-electron chi connectivity index (χ2n) is 4.30. The van der Waals surface area contributed by atoms with Crippen LogP contribution in [0.2, 0.25) is 0 Å². The summed E-state index contributed by atoms with van der Waals surface area (Å²) in [5, 5.41) is 12.7. The fourth-order valence-corrected chi connectivity index (χ4v) is 2.51. The first-order valence-electron chi connectivity index (χ1n) is 5.84. The number of nitrogens with one attached hydrogen (secondary N) is 1. The average molecular weight is 285 g/mol. The molecule has 106 valence electrons. The lowest BCUT2D eigenvalue weighted by atomic mass is 10.2. The number of hydrogen-bond acceptors (Lipinski definition) is 4. The van der Waals surface area contributed by atoms with Gasteiger partial charge in [-0.2, -0.15) is 0 Å². The van der Waals surface area contributed by atoms with Gasteiger partial charge < -0.3 is 20.2 Å². The molecule has 0 aliphatic carbocycles. The van der Waals surface area contributed by atoms with Crippen LogP contribution < -0.4 is 5.32 Å². The SMILES string of the molecule is CNc1cc(C)c(C(=O)N(C)CCN(C)C(=O)O)s1. The fraction of sp³-hybridized carbons (Fsp3) is 0.500. The van der Waals surface area contributed by atoms with Gasteiger partial charge in [-0.05, 0) is 18.6 Å². The minimum absolute atomic E-state index is 0.0808. The molecule has 0 fully saturated rings. The van der Waals surface area contributed by atoms with E-state index in [0.29, 0.717) is 18.0 Å². The molecule has 0 aliphatic rings. The number of thiophene rings is 1. The summed E-state index contributed by atoms with van der Waals surface area (Å²) in [5.41, 5.74) is 0.929. The van der Waals surface area contributed by atoms with Crippen molar-refractivity contribution in [1.82, 2.24) is 9.80 Å². The molecule has 19 heavy (non-hydrogen) atoms. The third-order valence-corrected chi connectivity index (χ3v) is 4.05. The summed E-state index contributed by atoms with van der Waals surface area (Å²) in [6.45, 7) is 2.55. The number of carbonyl (C=O) groups is 2. The third-order valence-electron chi connectivity index (χ3n) is 2.80. The van der Waals surface area contributed by atoms with E-state index in [-0.39, 0.29) is 5.91 Å². The molecule has 1 aromatic heterocycles. The Hall–Kier alpha value is -1.76. The molecule has 0 atom stereocenters. The Bertz CT molecular complexity index is 473. The largest absolute Gasteiger partial charge is 0.465 e. The van der Waals surface area contributed by atoms with Crippen LogP contribution in [0.3, 0.4) is 0 Å². The van der Waals surface area contributed by atoms with Gasteiger partial charge in [-0.25, -0.2) is 4.79 Å². The normalized spacial score (nSPS) is 10.1. The van der Waals surface area contributed by atoms with Crippen molar-refractivity contribution >= 4 is 28.3 Å². The summed E-state index contributed by atoms with van der Waals surface area (Å²) in [4.78, 5) is 26.3. The minimum Gasteiger partial charge on any atom is -0.465 e. The Morgan fingerprint density at radius 2 is 1.89 bits per heavy atom. The van der Waals surface area contributed by atoms with Crippen LogP contribution in [-0.2, 0) is 0 Å². The molecule has 0 aromatic carbocycles. The second-order valence-corrected chi connectivity index (χ2v) is 5.36. The molecule has 1 rings (SSSR count). The van der Waals surface area contributed by atoms with Crippen molar-refractivity contribution in [3.8, 4) is 0 Å². The first-order valence-corrected chi connectivity index (χ1v) is 6.66. The zero-order valence-corrected chi connectivity index (χ0v) is 12.4. The van der Waals surface area contributed by atoms with Gasteiger partial charge in [-0.15, -0.1) is 11.3 Å². The Morgan fingerprint density at radius 3 is 2.37 bits per heavy atom. The maximum Gasteiger partial charge on any atom is 0.407 e. The lowest BCUT2D eigenvalue weighted by molar-refractivity contribution is 0.0782. The van der Waals surface area contributed by atoms with Crippen LogP contribution in [0.25, 0.3) is 0 Å². The molecular formula is C12H19N3O3S. The van der Waals surface area contributed by atoms with Crippen LogP contribution in [0.15, 0.2) is 6.07 Å². The molecule has 6 nitrogen and oxygen atoms in total. The number of amides is 2. The van der Waals surface area contributed by atoms with E-state index in [4.69, 9.17) is 5.11 Å². The molecule has 2 N–H and O–H groups in total. The Kier molecular flexibility index (Phi) is 5.17. The minimum atomic E-state index is -0.995. The van der Waals surface area contributed by atoms with E-state index in [9.17, 15) is 9.59 Å². The highest BCUT2D eigenvalue weighted by molar-refractivity contribution is 7.18. The molecule has 1 heterocycles. The Morgan fingerprint density at radius 1 is 1.32 bits per heavy atom. The molecule has 2 amide bonds. The van der Waals surface area contributed by atoms with Gasteiger partial charge in [0.1, 0.15) is 0 Å². The number of rotatable bonds is 5. The van der Waals surface area contributed by atoms with Gasteiger partial charge in [0.05, 0.1) is 9.88 Å². The molecule has 0 saturated carbocycles. The number of hydrogen-bond donors (Lipinski definition) is 2. The summed E-state index contributed by atoms with van der Waals surface area (Å²) in [5.74, 6) is -0.0808. The number of nitrogens with zero attached hydrogens (tertiary/aromatic N) is 2. The van der Waals surface area contributed by atoms with Crippen molar-refractivity contribution in [1.29, 1.82) is 0 Å². The highest BCUT2D eigenvalue weighted by Gasteiger charge is 2.18. The zero-order valence-electron chi connectivity index (χ0n) is 11.6. The van der Waals surface area contributed by atoms with Crippen LogP contribution in [0.1, 0.15) is 15.2 Å². The molecular weight excluding hydrogens is 266 g/mol. The van der Waals surface area contributed by atoms with Crippen molar-refractivity contribution in [3.05, 3.63) is 16.5 Å². The van der Waals surface area contributed by atoms with E-state index in [1.165, 1.54) is 23.3 Å². The summed E-state index contributed by atoms with van der Waals surface area (Å²) in [6.07, 6.45) is -0.995. The van der Waals surface area contributed by atoms with E-state index >= 15 is 0 Å². The predicted octanol–water partition coefficient (Wildman–Crippen LogP) is 1.78. The van der Waals surface area contributed by atoms with Crippen LogP contribution >= 0.6 is 11.3 Å². The summed E-state index contributed by atoms with van der Waals surface area (Å²) < 4.78 is 0. The average Bonchev–Trinajstić information content (AvgIpc) is 2.75. The maximum absolute atomic E-state index is 12.2. The third kappa shape index (κ3) is 3.85. The topological polar surface area (TPSA) is 72.9 Å². The van der Waals surface area contributed by atoms with Crippen molar-refractivity contribution in [3.63, 3.8) is 0 Å². The molecule has 7 heteroatoms. The lowest BCUT2D eigenvalue weighted by Gasteiger charge is -2.20. The maximum atomic E-state index is 12.2. The highest BCUT2D eigenvalue weighted by Crippen LogP contribution is 2.26. The molecule has 0 aliphatic heterocycles. The fourth-order valence-electron chi connectivity index (χ4n) is 1.49. The first-order chi connectivity index (χ1) is 8.86. The van der Waals surface area contributed by atoms with Gasteiger partial charge in [-0.1, -0.05) is 0 Å². The smallest absolute Gasteiger partial charge is 0.407 e. The quantitative estimate of drug-likeness (QED) is 0.865. The second kappa shape index (κ2) is 6.42. The van der Waals surface area contributed by atoms with Crippen LogP contribution in [0, 0.1) is 6.92 Å². The van der Waals surface area contributed by atoms with Crippen LogP contribution in [-0.4, -0.2) is 61.1 Å². The highest BCUT2D eigenvalue weighted by atomic mass is 32.1. The van der Waals surface area contributed by atoms with Crippen molar-refractivity contribution < 1.29 is 14.7 Å². The number of carbonyl (C=O) groups excluding carboxylic acids is 1. The molecule has 1 aromatic rings. The van der Waals surface area contributed by atoms with Gasteiger partial charge in [0, 0.05) is 34.2 Å². The lowest BCUT2D eigenvalue weighted by Crippen LogP contribution is -2.36. The van der Waals surface area contributed by atoms with Crippen molar-refractivity contribution in [2.45, 2.75) is 6.92 Å². The van der Waals surface area contributed by atoms with Crippen molar-refractivity contribution in [2.24, 2.45) is 0 Å². The van der Waals surface area contributed by atoms with E-state index in [0.717, 1.165) is 15.5 Å². The monoisotopic (exact) mass is 285 g/mol. The van der Waals surface area contributed by atoms with E-state index in [1.54, 1.807) is 7.05 Å². The number of anilines is 1. The number of aryl methyl sites for hydroxylation is 1. The van der Waals surface area contributed by atoms with E-state index in [1.807, 2.05) is 20.0 Å². The molecule has 0 spiro atoms. The predicted molar refractivity (Wildman–Crippen MR) is 76.2 cm³/mol. The molecule has 0 unspecified atom stereocenters. The van der Waals surface area contributed by atoms with Gasteiger partial charge in [0.25, 0.3) is 5.91 Å². The standard InChI is InChI=1S/C12H19N3O3S/c1-8-7-9(13-2)19-10(8)11(16)14(3)5-6-15(4)12(17)18/h7,13H,5-6H2,1-4H3,(H,17,18). The van der Waals surface area contributed by atoms with E-state index < -0.39 is 6.09 Å². The van der Waals surface area contributed by atoms with Gasteiger partial charge in [0.2, 0.25) is 0 Å². The van der Waals surface area contributed by atoms with Crippen molar-refractivity contribution in [2.75, 3.05) is 39.5 Å². The Labute approximate surface area is 116 Å². The first kappa shape index (κ1) is 15.3. The molecule has 0 radical (unpaired) electrons. The van der Waals surface area contributed by atoms with Gasteiger partial charge in [0.15, 0.2) is 0 Å². The molecule has 0 saturated heterocycles. The summed E-state index contributed by atoms with van der Waals surface area (Å²) >= 11 is 1.40. The van der Waals surface area contributed by atoms with E-state index in [2.05, 4.69) is 5.32 Å². The summed E-state index contributed by atoms with van der Waals surface area (Å²) in [7, 11) is 4.97. The Balaban J connectivity index is 2.66. The molecule has 0 bridgehead atoms. The van der Waals surface area contributed by atoms with Gasteiger partial charge >= 0.3 is 6.09 Å². The number of likely N-dealkylation sites (N-methyl/N-ethyl adjacent to an activating group) is 2. The number of carboxylic acid groups (broad SMARTS) is 1. The zero-order chi connectivity index (χ0) is 14.6.